The Balaban J connectivity index is 1.41. The van der Waals surface area contributed by atoms with Gasteiger partial charge in [0.1, 0.15) is 12.4 Å². The minimum Gasteiger partial charge on any atom is -0.489 e. The number of ether oxygens (including phenoxy) is 2. The molecule has 2 aliphatic heterocycles. The van der Waals surface area contributed by atoms with Crippen LogP contribution in [0.1, 0.15) is 22.0 Å². The fraction of sp³-hybridized carbons (Fsp3) is 0.269. The summed E-state index contributed by atoms with van der Waals surface area (Å²) in [6, 6.07) is 20.3. The van der Waals surface area contributed by atoms with Crippen molar-refractivity contribution in [3.63, 3.8) is 0 Å². The maximum Gasteiger partial charge on any atom is 0.195 e. The summed E-state index contributed by atoms with van der Waals surface area (Å²) in [6.45, 7) is 4.93. The number of fused-ring (bicyclic) bond motifs is 1. The van der Waals surface area contributed by atoms with Gasteiger partial charge in [0.05, 0.1) is 24.8 Å². The smallest absolute Gasteiger partial charge is 0.195 e. The molecule has 156 valence electrons. The number of hydrogen-bond donors (Lipinski definition) is 0. The zero-order valence-corrected chi connectivity index (χ0v) is 17.3. The van der Waals surface area contributed by atoms with E-state index < -0.39 is 0 Å². The van der Waals surface area contributed by atoms with Crippen LogP contribution in [0.5, 0.6) is 5.75 Å². The quantitative estimate of drug-likeness (QED) is 0.469. The molecule has 0 spiro atoms. The number of carbonyl (C=O) groups is 1. The Morgan fingerprint density at radius 3 is 2.68 bits per heavy atom. The standard InChI is InChI=1S/C26H24N2O3/c29-26(20-9-8-18-4-1-2-5-19(18)14-20)23-16-28-21(15-27-10-12-30-13-11-27)17-31-24-7-3-6-22(23)25(24)28/h1-9,14,16,21H,10-13,15,17H2. The number of benzene rings is 3. The maximum absolute atomic E-state index is 13.6. The number of carbonyl (C=O) groups excluding carboxylic acids is 1. The van der Waals surface area contributed by atoms with Gasteiger partial charge in [-0.05, 0) is 22.9 Å². The molecule has 1 fully saturated rings. The number of rotatable bonds is 4. The van der Waals surface area contributed by atoms with Gasteiger partial charge < -0.3 is 14.0 Å². The average molecular weight is 412 g/mol. The van der Waals surface area contributed by atoms with Crippen LogP contribution in [0.2, 0.25) is 0 Å². The first-order valence-corrected chi connectivity index (χ1v) is 10.9. The molecule has 3 heterocycles. The molecule has 0 N–H and O–H groups in total. The molecule has 1 atom stereocenters. The number of para-hydroxylation sites is 1. The minimum atomic E-state index is 0.0543. The number of hydrogen-bond acceptors (Lipinski definition) is 4. The van der Waals surface area contributed by atoms with Gasteiger partial charge in [0.15, 0.2) is 5.78 Å². The first-order chi connectivity index (χ1) is 15.3. The van der Waals surface area contributed by atoms with E-state index in [-0.39, 0.29) is 11.8 Å². The molecule has 2 aliphatic rings. The normalized spacial score (nSPS) is 18.9. The molecular formula is C26H24N2O3. The zero-order chi connectivity index (χ0) is 20.8. The van der Waals surface area contributed by atoms with Crippen molar-refractivity contribution in [2.75, 3.05) is 39.5 Å². The van der Waals surface area contributed by atoms with E-state index in [1.165, 1.54) is 0 Å². The van der Waals surface area contributed by atoms with Crippen molar-refractivity contribution in [3.05, 3.63) is 78.0 Å². The van der Waals surface area contributed by atoms with Gasteiger partial charge in [-0.2, -0.15) is 0 Å². The molecule has 6 rings (SSSR count). The van der Waals surface area contributed by atoms with Crippen molar-refractivity contribution in [2.45, 2.75) is 6.04 Å². The van der Waals surface area contributed by atoms with E-state index in [1.54, 1.807) is 0 Å². The van der Waals surface area contributed by atoms with E-state index in [0.717, 1.165) is 65.8 Å². The van der Waals surface area contributed by atoms with Crippen LogP contribution < -0.4 is 4.74 Å². The van der Waals surface area contributed by atoms with E-state index in [4.69, 9.17) is 9.47 Å². The predicted molar refractivity (Wildman–Crippen MR) is 121 cm³/mol. The van der Waals surface area contributed by atoms with Crippen LogP contribution in [0.15, 0.2) is 66.9 Å². The second-order valence-corrected chi connectivity index (χ2v) is 8.37. The third-order valence-electron chi connectivity index (χ3n) is 6.47. The summed E-state index contributed by atoms with van der Waals surface area (Å²) in [6.07, 6.45) is 2.04. The van der Waals surface area contributed by atoms with Crippen molar-refractivity contribution >= 4 is 27.5 Å². The Labute approximate surface area is 180 Å². The highest BCUT2D eigenvalue weighted by Gasteiger charge is 2.28. The summed E-state index contributed by atoms with van der Waals surface area (Å²) in [7, 11) is 0. The van der Waals surface area contributed by atoms with Gasteiger partial charge in [0.25, 0.3) is 0 Å². The molecule has 5 heteroatoms. The molecule has 1 unspecified atom stereocenters. The zero-order valence-electron chi connectivity index (χ0n) is 17.3. The summed E-state index contributed by atoms with van der Waals surface area (Å²) in [5.74, 6) is 0.909. The van der Waals surface area contributed by atoms with E-state index in [0.29, 0.717) is 12.2 Å². The molecular weight excluding hydrogens is 388 g/mol. The van der Waals surface area contributed by atoms with Crippen LogP contribution in [0, 0.1) is 0 Å². The Morgan fingerprint density at radius 2 is 1.81 bits per heavy atom. The van der Waals surface area contributed by atoms with Crippen molar-refractivity contribution in [1.82, 2.24) is 9.47 Å². The summed E-state index contributed by atoms with van der Waals surface area (Å²) in [5, 5.41) is 3.18. The lowest BCUT2D eigenvalue weighted by Crippen LogP contribution is -2.41. The van der Waals surface area contributed by atoms with Crippen LogP contribution in [0.3, 0.4) is 0 Å². The SMILES string of the molecule is O=C(c1ccc2ccccc2c1)c1cn2c3c(cccc13)OCC2CN1CCOCC1. The molecule has 0 aliphatic carbocycles. The maximum atomic E-state index is 13.6. The van der Waals surface area contributed by atoms with Crippen LogP contribution in [0.25, 0.3) is 21.7 Å². The van der Waals surface area contributed by atoms with Gasteiger partial charge in [-0.1, -0.05) is 48.5 Å². The van der Waals surface area contributed by atoms with Crippen LogP contribution in [0.4, 0.5) is 0 Å². The first-order valence-electron chi connectivity index (χ1n) is 10.9. The van der Waals surface area contributed by atoms with E-state index in [2.05, 4.69) is 15.5 Å². The lowest BCUT2D eigenvalue weighted by Gasteiger charge is -2.33. The number of ketones is 1. The molecule has 1 aromatic heterocycles. The Bertz CT molecular complexity index is 1290. The lowest BCUT2D eigenvalue weighted by atomic mass is 9.99. The van der Waals surface area contributed by atoms with Crippen molar-refractivity contribution < 1.29 is 14.3 Å². The van der Waals surface area contributed by atoms with Crippen molar-refractivity contribution in [3.8, 4) is 5.75 Å². The highest BCUT2D eigenvalue weighted by Crippen LogP contribution is 2.37. The molecule has 1 saturated heterocycles. The molecule has 0 radical (unpaired) electrons. The molecule has 31 heavy (non-hydrogen) atoms. The predicted octanol–water partition coefficient (Wildman–Crippen LogP) is 4.29. The number of aromatic nitrogens is 1. The van der Waals surface area contributed by atoms with Gasteiger partial charge in [-0.3, -0.25) is 9.69 Å². The lowest BCUT2D eigenvalue weighted by molar-refractivity contribution is 0.0274. The van der Waals surface area contributed by atoms with Gasteiger partial charge in [-0.25, -0.2) is 0 Å². The molecule has 0 saturated carbocycles. The second-order valence-electron chi connectivity index (χ2n) is 8.37. The Morgan fingerprint density at radius 1 is 0.968 bits per heavy atom. The highest BCUT2D eigenvalue weighted by atomic mass is 16.5. The summed E-state index contributed by atoms with van der Waals surface area (Å²) >= 11 is 0. The third kappa shape index (κ3) is 3.21. The number of nitrogens with zero attached hydrogens (tertiary/aromatic N) is 2. The van der Waals surface area contributed by atoms with Crippen LogP contribution >= 0.6 is 0 Å². The van der Waals surface area contributed by atoms with Crippen molar-refractivity contribution in [2.24, 2.45) is 0 Å². The summed E-state index contributed by atoms with van der Waals surface area (Å²) in [5.41, 5.74) is 2.48. The van der Waals surface area contributed by atoms with E-state index in [9.17, 15) is 4.79 Å². The first kappa shape index (κ1) is 18.6. The third-order valence-corrected chi connectivity index (χ3v) is 6.47. The highest BCUT2D eigenvalue weighted by molar-refractivity contribution is 6.18. The van der Waals surface area contributed by atoms with Crippen LogP contribution in [-0.2, 0) is 4.74 Å². The summed E-state index contributed by atoms with van der Waals surface area (Å²) < 4.78 is 13.9. The second kappa shape index (κ2) is 7.52. The van der Waals surface area contributed by atoms with E-state index >= 15 is 0 Å². The van der Waals surface area contributed by atoms with Gasteiger partial charge in [0.2, 0.25) is 0 Å². The Hall–Kier alpha value is -3.15. The average Bonchev–Trinajstić information content (AvgIpc) is 3.22. The van der Waals surface area contributed by atoms with Gasteiger partial charge in [-0.15, -0.1) is 0 Å². The molecule has 3 aromatic carbocycles. The molecule has 0 amide bonds. The van der Waals surface area contributed by atoms with Crippen LogP contribution in [-0.4, -0.2) is 54.7 Å². The van der Waals surface area contributed by atoms with Gasteiger partial charge >= 0.3 is 0 Å². The number of morpholine rings is 1. The molecule has 0 bridgehead atoms. The largest absolute Gasteiger partial charge is 0.489 e. The summed E-state index contributed by atoms with van der Waals surface area (Å²) in [4.78, 5) is 16.0. The monoisotopic (exact) mass is 412 g/mol. The topological polar surface area (TPSA) is 43.7 Å². The minimum absolute atomic E-state index is 0.0543. The fourth-order valence-corrected chi connectivity index (χ4v) is 4.84. The molecule has 4 aromatic rings. The fourth-order valence-electron chi connectivity index (χ4n) is 4.84. The van der Waals surface area contributed by atoms with E-state index in [1.807, 2.05) is 60.8 Å². The molecule has 5 nitrogen and oxygen atoms in total. The van der Waals surface area contributed by atoms with Crippen molar-refractivity contribution in [1.29, 1.82) is 0 Å². The van der Waals surface area contributed by atoms with Gasteiger partial charge in [0, 0.05) is 42.3 Å². The Kier molecular flexibility index (Phi) is 4.51.